The number of carbonyl (C=O) groups is 1. The Balaban J connectivity index is 1.89. The standard InChI is InChI=1S/C17H17N3O3/c1-19-13-8-4-5-9-14(13)20(17(19)22)11-16(21)18-12-7-3-6-10-15(12)23-2/h3-10H,11H2,1-2H3,(H,18,21). The van der Waals surface area contributed by atoms with Gasteiger partial charge < -0.3 is 10.1 Å². The fourth-order valence-electron chi connectivity index (χ4n) is 2.60. The number of hydrogen-bond acceptors (Lipinski definition) is 3. The van der Waals surface area contributed by atoms with E-state index in [1.54, 1.807) is 26.3 Å². The lowest BCUT2D eigenvalue weighted by Gasteiger charge is -2.10. The summed E-state index contributed by atoms with van der Waals surface area (Å²) >= 11 is 0. The summed E-state index contributed by atoms with van der Waals surface area (Å²) < 4.78 is 8.20. The van der Waals surface area contributed by atoms with Crippen LogP contribution in [-0.4, -0.2) is 22.2 Å². The van der Waals surface area contributed by atoms with Crippen molar-refractivity contribution in [3.05, 3.63) is 59.0 Å². The van der Waals surface area contributed by atoms with Gasteiger partial charge in [0.15, 0.2) is 0 Å². The highest BCUT2D eigenvalue weighted by Crippen LogP contribution is 2.23. The molecule has 6 nitrogen and oxygen atoms in total. The van der Waals surface area contributed by atoms with Gasteiger partial charge in [-0.1, -0.05) is 24.3 Å². The van der Waals surface area contributed by atoms with Gasteiger partial charge in [0.1, 0.15) is 12.3 Å². The predicted octanol–water partition coefficient (Wildman–Crippen LogP) is 1.99. The van der Waals surface area contributed by atoms with E-state index in [-0.39, 0.29) is 18.1 Å². The van der Waals surface area contributed by atoms with Crippen LogP contribution in [-0.2, 0) is 18.4 Å². The zero-order valence-electron chi connectivity index (χ0n) is 12.9. The van der Waals surface area contributed by atoms with Gasteiger partial charge >= 0.3 is 5.69 Å². The Morgan fingerprint density at radius 1 is 1.09 bits per heavy atom. The lowest BCUT2D eigenvalue weighted by molar-refractivity contribution is -0.116. The lowest BCUT2D eigenvalue weighted by atomic mass is 10.3. The number of aryl methyl sites for hydroxylation is 1. The SMILES string of the molecule is COc1ccccc1NC(=O)Cn1c(=O)n(C)c2ccccc21. The summed E-state index contributed by atoms with van der Waals surface area (Å²) in [5.74, 6) is 0.291. The minimum atomic E-state index is -0.284. The summed E-state index contributed by atoms with van der Waals surface area (Å²) in [6.45, 7) is -0.0573. The molecule has 3 aromatic rings. The molecule has 0 aliphatic rings. The van der Waals surface area contributed by atoms with Crippen molar-refractivity contribution in [1.29, 1.82) is 0 Å². The number of imidazole rings is 1. The largest absolute Gasteiger partial charge is 0.495 e. The fraction of sp³-hybridized carbons (Fsp3) is 0.176. The quantitative estimate of drug-likeness (QED) is 0.801. The summed E-state index contributed by atoms with van der Waals surface area (Å²) in [6.07, 6.45) is 0. The van der Waals surface area contributed by atoms with Crippen LogP contribution in [0.1, 0.15) is 0 Å². The van der Waals surface area contributed by atoms with E-state index in [0.29, 0.717) is 11.4 Å². The van der Waals surface area contributed by atoms with Gasteiger partial charge in [0.05, 0.1) is 23.8 Å². The zero-order chi connectivity index (χ0) is 16.4. The van der Waals surface area contributed by atoms with E-state index in [4.69, 9.17) is 4.74 Å². The Morgan fingerprint density at radius 2 is 1.74 bits per heavy atom. The van der Waals surface area contributed by atoms with Crippen LogP contribution >= 0.6 is 0 Å². The molecule has 1 amide bonds. The number of methoxy groups -OCH3 is 1. The number of benzene rings is 2. The van der Waals surface area contributed by atoms with E-state index in [1.807, 2.05) is 36.4 Å². The molecule has 0 aliphatic heterocycles. The molecule has 0 spiro atoms. The second kappa shape index (κ2) is 6.00. The number of nitrogens with one attached hydrogen (secondary N) is 1. The van der Waals surface area contributed by atoms with Crippen LogP contribution in [0.3, 0.4) is 0 Å². The van der Waals surface area contributed by atoms with Gasteiger partial charge in [0, 0.05) is 7.05 Å². The molecular formula is C17H17N3O3. The maximum atomic E-state index is 12.3. The Kier molecular flexibility index (Phi) is 3.89. The number of rotatable bonds is 4. The van der Waals surface area contributed by atoms with E-state index in [0.717, 1.165) is 11.0 Å². The maximum Gasteiger partial charge on any atom is 0.329 e. The van der Waals surface area contributed by atoms with Crippen LogP contribution in [0.5, 0.6) is 5.75 Å². The minimum Gasteiger partial charge on any atom is -0.495 e. The topological polar surface area (TPSA) is 65.3 Å². The van der Waals surface area contributed by atoms with Crippen LogP contribution in [0, 0.1) is 0 Å². The van der Waals surface area contributed by atoms with Gasteiger partial charge in [-0.05, 0) is 24.3 Å². The second-order valence-corrected chi connectivity index (χ2v) is 5.16. The van der Waals surface area contributed by atoms with Gasteiger partial charge in [-0.2, -0.15) is 0 Å². The van der Waals surface area contributed by atoms with Crippen LogP contribution in [0.2, 0.25) is 0 Å². The number of para-hydroxylation sites is 4. The third-order valence-corrected chi connectivity index (χ3v) is 3.73. The van der Waals surface area contributed by atoms with Crippen LogP contribution in [0.4, 0.5) is 5.69 Å². The average Bonchev–Trinajstić information content (AvgIpc) is 2.81. The monoisotopic (exact) mass is 311 g/mol. The van der Waals surface area contributed by atoms with E-state index >= 15 is 0 Å². The molecule has 1 aromatic heterocycles. The lowest BCUT2D eigenvalue weighted by Crippen LogP contribution is -2.28. The van der Waals surface area contributed by atoms with Gasteiger partial charge in [-0.25, -0.2) is 4.79 Å². The molecule has 0 saturated carbocycles. The molecular weight excluding hydrogens is 294 g/mol. The molecule has 0 fully saturated rings. The fourth-order valence-corrected chi connectivity index (χ4v) is 2.60. The van der Waals surface area contributed by atoms with Crippen LogP contribution in [0.25, 0.3) is 11.0 Å². The molecule has 0 aliphatic carbocycles. The Labute approximate surface area is 132 Å². The molecule has 0 atom stereocenters. The first-order chi connectivity index (χ1) is 11.1. The van der Waals surface area contributed by atoms with Crippen molar-refractivity contribution in [1.82, 2.24) is 9.13 Å². The van der Waals surface area contributed by atoms with Crippen LogP contribution < -0.4 is 15.7 Å². The smallest absolute Gasteiger partial charge is 0.329 e. The number of carbonyl (C=O) groups excluding carboxylic acids is 1. The third-order valence-electron chi connectivity index (χ3n) is 3.73. The van der Waals surface area contributed by atoms with Gasteiger partial charge in [-0.15, -0.1) is 0 Å². The maximum absolute atomic E-state index is 12.3. The minimum absolute atomic E-state index is 0.0573. The normalized spacial score (nSPS) is 10.7. The number of anilines is 1. The summed E-state index contributed by atoms with van der Waals surface area (Å²) in [5, 5.41) is 2.78. The highest BCUT2D eigenvalue weighted by molar-refractivity contribution is 5.93. The van der Waals surface area contributed by atoms with Gasteiger partial charge in [0.2, 0.25) is 5.91 Å². The average molecular weight is 311 g/mol. The van der Waals surface area contributed by atoms with E-state index in [1.165, 1.54) is 9.13 Å². The Hall–Kier alpha value is -3.02. The summed E-state index contributed by atoms with van der Waals surface area (Å²) in [6, 6.07) is 14.5. The third kappa shape index (κ3) is 2.70. The predicted molar refractivity (Wildman–Crippen MR) is 88.8 cm³/mol. The summed E-state index contributed by atoms with van der Waals surface area (Å²) in [7, 11) is 3.24. The number of nitrogens with zero attached hydrogens (tertiary/aromatic N) is 2. The molecule has 2 aromatic carbocycles. The Bertz CT molecular complexity index is 924. The van der Waals surface area contributed by atoms with E-state index in [9.17, 15) is 9.59 Å². The molecule has 0 saturated heterocycles. The van der Waals surface area contributed by atoms with Crippen molar-refractivity contribution in [2.75, 3.05) is 12.4 Å². The zero-order valence-corrected chi connectivity index (χ0v) is 12.9. The molecule has 6 heteroatoms. The molecule has 0 radical (unpaired) electrons. The molecule has 23 heavy (non-hydrogen) atoms. The first-order valence-corrected chi connectivity index (χ1v) is 7.19. The second-order valence-electron chi connectivity index (χ2n) is 5.16. The molecule has 3 rings (SSSR count). The first kappa shape index (κ1) is 14.9. The molecule has 0 unspecified atom stereocenters. The van der Waals surface area contributed by atoms with Crippen molar-refractivity contribution in [3.63, 3.8) is 0 Å². The summed E-state index contributed by atoms with van der Waals surface area (Å²) in [4.78, 5) is 24.6. The van der Waals surface area contributed by atoms with Crippen molar-refractivity contribution >= 4 is 22.6 Å². The number of fused-ring (bicyclic) bond motifs is 1. The van der Waals surface area contributed by atoms with Crippen molar-refractivity contribution < 1.29 is 9.53 Å². The van der Waals surface area contributed by atoms with Crippen LogP contribution in [0.15, 0.2) is 53.3 Å². The number of aromatic nitrogens is 2. The summed E-state index contributed by atoms with van der Waals surface area (Å²) in [5.41, 5.74) is 1.88. The number of amides is 1. The number of ether oxygens (including phenoxy) is 1. The van der Waals surface area contributed by atoms with E-state index in [2.05, 4.69) is 5.32 Å². The van der Waals surface area contributed by atoms with Crippen molar-refractivity contribution in [3.8, 4) is 5.75 Å². The van der Waals surface area contributed by atoms with Gasteiger partial charge in [-0.3, -0.25) is 13.9 Å². The molecule has 1 heterocycles. The Morgan fingerprint density at radius 3 is 2.48 bits per heavy atom. The van der Waals surface area contributed by atoms with E-state index < -0.39 is 0 Å². The molecule has 0 bridgehead atoms. The highest BCUT2D eigenvalue weighted by Gasteiger charge is 2.14. The van der Waals surface area contributed by atoms with Crippen molar-refractivity contribution in [2.24, 2.45) is 7.05 Å². The highest BCUT2D eigenvalue weighted by atomic mass is 16.5. The molecule has 1 N–H and O–H groups in total. The van der Waals surface area contributed by atoms with Crippen molar-refractivity contribution in [2.45, 2.75) is 6.54 Å². The molecule has 118 valence electrons. The first-order valence-electron chi connectivity index (χ1n) is 7.19. The number of hydrogen-bond donors (Lipinski definition) is 1. The van der Waals surface area contributed by atoms with Gasteiger partial charge in [0.25, 0.3) is 0 Å².